The molecule has 0 aromatic heterocycles. The lowest BCUT2D eigenvalue weighted by atomic mass is 10.00. The van der Waals surface area contributed by atoms with Crippen molar-refractivity contribution in [2.45, 2.75) is 25.3 Å². The maximum atomic E-state index is 12.9. The van der Waals surface area contributed by atoms with Crippen molar-refractivity contribution in [2.24, 2.45) is 0 Å². The summed E-state index contributed by atoms with van der Waals surface area (Å²) in [6, 6.07) is 9.17. The fraction of sp³-hybridized carbons (Fsp3) is 0.273. The van der Waals surface area contributed by atoms with Crippen LogP contribution in [-0.4, -0.2) is 36.7 Å². The zero-order valence-corrected chi connectivity index (χ0v) is 16.7. The third-order valence-corrected chi connectivity index (χ3v) is 4.97. The van der Waals surface area contributed by atoms with E-state index in [2.05, 4.69) is 5.32 Å². The number of carboxylic acid groups (broad SMARTS) is 1. The van der Waals surface area contributed by atoms with Crippen LogP contribution in [0.2, 0.25) is 5.02 Å². The fourth-order valence-electron chi connectivity index (χ4n) is 3.15. The summed E-state index contributed by atoms with van der Waals surface area (Å²) in [5, 5.41) is 12.6. The Bertz CT molecular complexity index is 941. The Kier molecular flexibility index (Phi) is 6.77. The first kappa shape index (κ1) is 20.7. The van der Waals surface area contributed by atoms with Gasteiger partial charge in [0.15, 0.2) is 0 Å². The maximum absolute atomic E-state index is 12.9. The molecule has 6 nitrogen and oxygen atoms in total. The van der Waals surface area contributed by atoms with Crippen LogP contribution >= 0.6 is 11.6 Å². The van der Waals surface area contributed by atoms with E-state index < -0.39 is 17.9 Å². The van der Waals surface area contributed by atoms with E-state index in [0.717, 1.165) is 5.56 Å². The number of carbonyl (C=O) groups excluding carboxylic acids is 1. The molecule has 2 aromatic carbocycles. The molecular formula is C22H22ClNO5. The average Bonchev–Trinajstić information content (AvgIpc) is 2.70. The van der Waals surface area contributed by atoms with Crippen molar-refractivity contribution in [3.05, 3.63) is 70.3 Å². The van der Waals surface area contributed by atoms with E-state index in [1.54, 1.807) is 43.5 Å². The second-order valence-electron chi connectivity index (χ2n) is 6.68. The maximum Gasteiger partial charge on any atom is 0.326 e. The molecule has 0 radical (unpaired) electrons. The fourth-order valence-corrected chi connectivity index (χ4v) is 3.41. The van der Waals surface area contributed by atoms with Crippen LogP contribution in [0.1, 0.15) is 27.9 Å². The minimum absolute atomic E-state index is 0.104. The Morgan fingerprint density at radius 2 is 2.07 bits per heavy atom. The van der Waals surface area contributed by atoms with Gasteiger partial charge in [-0.25, -0.2) is 4.79 Å². The second-order valence-corrected chi connectivity index (χ2v) is 7.08. The number of carboxylic acids is 1. The van der Waals surface area contributed by atoms with Crippen molar-refractivity contribution >= 4 is 23.5 Å². The molecule has 1 amide bonds. The lowest BCUT2D eigenvalue weighted by Crippen LogP contribution is -2.42. The highest BCUT2D eigenvalue weighted by Gasteiger charge is 2.23. The number of allylic oxidation sites excluding steroid dienone is 1. The van der Waals surface area contributed by atoms with Gasteiger partial charge in [-0.1, -0.05) is 29.8 Å². The number of rotatable bonds is 2. The monoisotopic (exact) mass is 415 g/mol. The van der Waals surface area contributed by atoms with Crippen LogP contribution in [0, 0.1) is 0 Å². The predicted molar refractivity (Wildman–Crippen MR) is 110 cm³/mol. The van der Waals surface area contributed by atoms with E-state index in [1.807, 2.05) is 12.2 Å². The molecular weight excluding hydrogens is 394 g/mol. The Balaban J connectivity index is 1.96. The standard InChI is InChI=1S/C22H22ClNO5/c1-28-16-7-8-17-15(13-16)5-3-2-4-10-29-20-9-6-14(11-18(20)23)12-19(22(26)27)24-21(17)25/h2,4,6-9,11,13,19H,3,5,10,12H2,1H3,(H,24,25)(H,26,27)/t19-/m0/s1. The van der Waals surface area contributed by atoms with Crippen molar-refractivity contribution in [3.8, 4) is 11.5 Å². The molecule has 2 heterocycles. The smallest absolute Gasteiger partial charge is 0.326 e. The van der Waals surface area contributed by atoms with Crippen LogP contribution in [0.15, 0.2) is 48.6 Å². The SMILES string of the molecule is COc1ccc2c(c1)CCC=CCOc1ccc(cc1Cl)C[C@@H](C(=O)O)NC2=O. The van der Waals surface area contributed by atoms with E-state index in [4.69, 9.17) is 21.1 Å². The molecule has 4 rings (SSSR count). The van der Waals surface area contributed by atoms with Crippen molar-refractivity contribution in [3.63, 3.8) is 0 Å². The van der Waals surface area contributed by atoms with Gasteiger partial charge < -0.3 is 19.9 Å². The molecule has 2 aliphatic heterocycles. The van der Waals surface area contributed by atoms with Gasteiger partial charge >= 0.3 is 5.97 Å². The Hall–Kier alpha value is -2.99. The molecule has 0 saturated carbocycles. The molecule has 0 spiro atoms. The lowest BCUT2D eigenvalue weighted by Gasteiger charge is -2.17. The number of fused-ring (bicyclic) bond motifs is 9. The molecule has 29 heavy (non-hydrogen) atoms. The molecule has 0 saturated heterocycles. The third-order valence-electron chi connectivity index (χ3n) is 4.68. The average molecular weight is 416 g/mol. The number of carbonyl (C=O) groups is 2. The van der Waals surface area contributed by atoms with Gasteiger partial charge in [0.05, 0.1) is 12.1 Å². The first-order chi connectivity index (χ1) is 14.0. The quantitative estimate of drug-likeness (QED) is 0.731. The molecule has 7 heteroatoms. The molecule has 0 fully saturated rings. The minimum atomic E-state index is -1.12. The first-order valence-corrected chi connectivity index (χ1v) is 9.62. The molecule has 1 atom stereocenters. The number of ether oxygens (including phenoxy) is 2. The number of aliphatic carboxylic acids is 1. The minimum Gasteiger partial charge on any atom is -0.497 e. The summed E-state index contributed by atoms with van der Waals surface area (Å²) >= 11 is 6.25. The largest absolute Gasteiger partial charge is 0.497 e. The highest BCUT2D eigenvalue weighted by molar-refractivity contribution is 6.32. The van der Waals surface area contributed by atoms with Gasteiger partial charge in [-0.15, -0.1) is 0 Å². The highest BCUT2D eigenvalue weighted by Crippen LogP contribution is 2.26. The molecule has 2 aliphatic rings. The van der Waals surface area contributed by atoms with Gasteiger partial charge in [0.1, 0.15) is 24.1 Å². The Morgan fingerprint density at radius 1 is 1.24 bits per heavy atom. The van der Waals surface area contributed by atoms with Gasteiger partial charge in [-0.3, -0.25) is 4.79 Å². The van der Waals surface area contributed by atoms with Gasteiger partial charge in [0.2, 0.25) is 0 Å². The van der Waals surface area contributed by atoms with Crippen LogP contribution in [0.25, 0.3) is 0 Å². The van der Waals surface area contributed by atoms with Gasteiger partial charge in [0, 0.05) is 12.0 Å². The molecule has 2 aromatic rings. The zero-order chi connectivity index (χ0) is 20.8. The third kappa shape index (κ3) is 5.29. The van der Waals surface area contributed by atoms with Crippen molar-refractivity contribution in [1.29, 1.82) is 0 Å². The summed E-state index contributed by atoms with van der Waals surface area (Å²) in [6.45, 7) is 0.363. The predicted octanol–water partition coefficient (Wildman–Crippen LogP) is 3.66. The number of aryl methyl sites for hydroxylation is 1. The summed E-state index contributed by atoms with van der Waals surface area (Å²) in [5.74, 6) is -0.383. The lowest BCUT2D eigenvalue weighted by molar-refractivity contribution is -0.139. The van der Waals surface area contributed by atoms with E-state index in [1.165, 1.54) is 0 Å². The summed E-state index contributed by atoms with van der Waals surface area (Å²) in [4.78, 5) is 24.6. The number of amides is 1. The van der Waals surface area contributed by atoms with Crippen molar-refractivity contribution in [1.82, 2.24) is 5.32 Å². The van der Waals surface area contributed by atoms with E-state index in [0.29, 0.717) is 47.1 Å². The van der Waals surface area contributed by atoms with Gasteiger partial charge in [-0.05, 0) is 54.3 Å². The number of nitrogens with one attached hydrogen (secondary N) is 1. The molecule has 152 valence electrons. The number of halogens is 1. The number of benzene rings is 2. The number of methoxy groups -OCH3 is 1. The summed E-state index contributed by atoms with van der Waals surface area (Å²) in [6.07, 6.45) is 5.26. The summed E-state index contributed by atoms with van der Waals surface area (Å²) in [5.41, 5.74) is 1.91. The summed E-state index contributed by atoms with van der Waals surface area (Å²) in [7, 11) is 1.56. The van der Waals surface area contributed by atoms with Crippen LogP contribution in [0.5, 0.6) is 11.5 Å². The Labute approximate surface area is 174 Å². The molecule has 2 bridgehead atoms. The van der Waals surface area contributed by atoms with Gasteiger partial charge in [0.25, 0.3) is 5.91 Å². The molecule has 2 N–H and O–H groups in total. The van der Waals surface area contributed by atoms with Crippen molar-refractivity contribution in [2.75, 3.05) is 13.7 Å². The number of hydrogen-bond acceptors (Lipinski definition) is 4. The Morgan fingerprint density at radius 3 is 2.79 bits per heavy atom. The zero-order valence-electron chi connectivity index (χ0n) is 16.0. The van der Waals surface area contributed by atoms with Crippen LogP contribution < -0.4 is 14.8 Å². The first-order valence-electron chi connectivity index (χ1n) is 9.24. The number of hydrogen-bond donors (Lipinski definition) is 2. The molecule has 0 unspecified atom stereocenters. The van der Waals surface area contributed by atoms with E-state index in [9.17, 15) is 14.7 Å². The molecule has 0 aliphatic carbocycles. The van der Waals surface area contributed by atoms with Crippen LogP contribution in [0.4, 0.5) is 0 Å². The van der Waals surface area contributed by atoms with E-state index >= 15 is 0 Å². The van der Waals surface area contributed by atoms with Crippen LogP contribution in [-0.2, 0) is 17.6 Å². The topological polar surface area (TPSA) is 84.9 Å². The second kappa shape index (κ2) is 9.47. The normalized spacial score (nSPS) is 17.2. The van der Waals surface area contributed by atoms with E-state index in [-0.39, 0.29) is 6.42 Å². The highest BCUT2D eigenvalue weighted by atomic mass is 35.5. The van der Waals surface area contributed by atoms with Crippen LogP contribution in [0.3, 0.4) is 0 Å². The summed E-state index contributed by atoms with van der Waals surface area (Å²) < 4.78 is 10.9. The van der Waals surface area contributed by atoms with Crippen molar-refractivity contribution < 1.29 is 24.2 Å². The van der Waals surface area contributed by atoms with Gasteiger partial charge in [-0.2, -0.15) is 0 Å².